The molecule has 0 saturated carbocycles. The van der Waals surface area contributed by atoms with Gasteiger partial charge in [0.25, 0.3) is 0 Å². The van der Waals surface area contributed by atoms with E-state index >= 15 is 0 Å². The Balaban J connectivity index is 2.11. The molecule has 0 aliphatic rings. The van der Waals surface area contributed by atoms with Crippen LogP contribution in [-0.2, 0) is 11.3 Å². The molecular formula is C15H22O3. The molecule has 1 aromatic carbocycles. The molecule has 18 heavy (non-hydrogen) atoms. The molecule has 0 bridgehead atoms. The number of methoxy groups -OCH3 is 1. The van der Waals surface area contributed by atoms with Crippen LogP contribution in [0.3, 0.4) is 0 Å². The van der Waals surface area contributed by atoms with Gasteiger partial charge in [-0.15, -0.1) is 6.58 Å². The number of aliphatic hydroxyl groups excluding tert-OH is 1. The lowest BCUT2D eigenvalue weighted by atomic mass is 10.1. The fourth-order valence-corrected chi connectivity index (χ4v) is 1.64. The lowest BCUT2D eigenvalue weighted by Gasteiger charge is -2.08. The van der Waals surface area contributed by atoms with Crippen molar-refractivity contribution in [3.63, 3.8) is 0 Å². The maximum atomic E-state index is 9.48. The zero-order valence-electron chi connectivity index (χ0n) is 11.0. The summed E-state index contributed by atoms with van der Waals surface area (Å²) in [6, 6.07) is 7.83. The van der Waals surface area contributed by atoms with E-state index in [2.05, 4.69) is 6.58 Å². The van der Waals surface area contributed by atoms with E-state index < -0.39 is 0 Å². The SMILES string of the molecule is C=CC[C@H](O)CCCOCc1ccc(OC)cc1. The summed E-state index contributed by atoms with van der Waals surface area (Å²) in [4.78, 5) is 0. The molecule has 0 heterocycles. The lowest BCUT2D eigenvalue weighted by Crippen LogP contribution is -2.06. The third kappa shape index (κ3) is 5.84. The molecule has 0 spiro atoms. The van der Waals surface area contributed by atoms with Crippen LogP contribution in [0.2, 0.25) is 0 Å². The van der Waals surface area contributed by atoms with Crippen molar-refractivity contribution < 1.29 is 14.6 Å². The van der Waals surface area contributed by atoms with Crippen molar-refractivity contribution in [2.75, 3.05) is 13.7 Å². The molecule has 0 fully saturated rings. The Morgan fingerprint density at radius 1 is 1.33 bits per heavy atom. The van der Waals surface area contributed by atoms with Crippen molar-refractivity contribution in [2.24, 2.45) is 0 Å². The van der Waals surface area contributed by atoms with Gasteiger partial charge in [-0.1, -0.05) is 18.2 Å². The maximum absolute atomic E-state index is 9.48. The van der Waals surface area contributed by atoms with Gasteiger partial charge in [0, 0.05) is 6.61 Å². The van der Waals surface area contributed by atoms with Crippen LogP contribution in [0.25, 0.3) is 0 Å². The first kappa shape index (κ1) is 14.7. The molecule has 3 nitrogen and oxygen atoms in total. The summed E-state index contributed by atoms with van der Waals surface area (Å²) in [7, 11) is 1.65. The summed E-state index contributed by atoms with van der Waals surface area (Å²) in [6.45, 7) is 4.86. The zero-order chi connectivity index (χ0) is 13.2. The first-order chi connectivity index (χ1) is 8.76. The summed E-state index contributed by atoms with van der Waals surface area (Å²) in [6.07, 6.45) is 3.73. The fourth-order valence-electron chi connectivity index (χ4n) is 1.64. The number of benzene rings is 1. The molecular weight excluding hydrogens is 228 g/mol. The van der Waals surface area contributed by atoms with Crippen LogP contribution in [0.1, 0.15) is 24.8 Å². The highest BCUT2D eigenvalue weighted by molar-refractivity contribution is 5.26. The van der Waals surface area contributed by atoms with E-state index in [1.54, 1.807) is 13.2 Å². The molecule has 0 aromatic heterocycles. The standard InChI is InChI=1S/C15H22O3/c1-3-5-14(16)6-4-11-18-12-13-7-9-15(17-2)10-8-13/h3,7-10,14,16H,1,4-6,11-12H2,2H3/t14-/m0/s1. The Morgan fingerprint density at radius 3 is 2.67 bits per heavy atom. The number of hydrogen-bond acceptors (Lipinski definition) is 3. The highest BCUT2D eigenvalue weighted by Gasteiger charge is 2.01. The molecule has 0 aliphatic carbocycles. The first-order valence-electron chi connectivity index (χ1n) is 6.26. The second-order valence-electron chi connectivity index (χ2n) is 4.22. The third-order valence-electron chi connectivity index (χ3n) is 2.69. The molecule has 1 N–H and O–H groups in total. The smallest absolute Gasteiger partial charge is 0.118 e. The van der Waals surface area contributed by atoms with Gasteiger partial charge in [0.05, 0.1) is 19.8 Å². The summed E-state index contributed by atoms with van der Waals surface area (Å²) < 4.78 is 10.6. The summed E-state index contributed by atoms with van der Waals surface area (Å²) in [5.41, 5.74) is 1.13. The van der Waals surface area contributed by atoms with E-state index in [0.717, 1.165) is 24.2 Å². The van der Waals surface area contributed by atoms with Crippen molar-refractivity contribution >= 4 is 0 Å². The maximum Gasteiger partial charge on any atom is 0.118 e. The number of rotatable bonds is 9. The number of aliphatic hydroxyl groups is 1. The van der Waals surface area contributed by atoms with Crippen molar-refractivity contribution in [3.8, 4) is 5.75 Å². The lowest BCUT2D eigenvalue weighted by molar-refractivity contribution is 0.0979. The van der Waals surface area contributed by atoms with E-state index in [-0.39, 0.29) is 6.10 Å². The van der Waals surface area contributed by atoms with Crippen molar-refractivity contribution in [2.45, 2.75) is 32.0 Å². The second-order valence-corrected chi connectivity index (χ2v) is 4.22. The van der Waals surface area contributed by atoms with Crippen LogP contribution in [0.4, 0.5) is 0 Å². The summed E-state index contributed by atoms with van der Waals surface area (Å²) in [5.74, 6) is 0.853. The van der Waals surface area contributed by atoms with E-state index in [9.17, 15) is 5.11 Å². The monoisotopic (exact) mass is 250 g/mol. The van der Waals surface area contributed by atoms with Gasteiger partial charge in [0.15, 0.2) is 0 Å². The topological polar surface area (TPSA) is 38.7 Å². The van der Waals surface area contributed by atoms with Crippen LogP contribution in [-0.4, -0.2) is 24.9 Å². The second kappa shape index (κ2) is 8.72. The average molecular weight is 250 g/mol. The molecule has 100 valence electrons. The number of ether oxygens (including phenoxy) is 2. The molecule has 1 aromatic rings. The van der Waals surface area contributed by atoms with Crippen LogP contribution < -0.4 is 4.74 Å². The normalized spacial score (nSPS) is 12.1. The highest BCUT2D eigenvalue weighted by Crippen LogP contribution is 2.12. The van der Waals surface area contributed by atoms with Crippen LogP contribution in [0.15, 0.2) is 36.9 Å². The zero-order valence-corrected chi connectivity index (χ0v) is 11.0. The van der Waals surface area contributed by atoms with Gasteiger partial charge in [0.2, 0.25) is 0 Å². The van der Waals surface area contributed by atoms with Crippen molar-refractivity contribution in [1.82, 2.24) is 0 Å². The Morgan fingerprint density at radius 2 is 2.06 bits per heavy atom. The van der Waals surface area contributed by atoms with Crippen molar-refractivity contribution in [1.29, 1.82) is 0 Å². The van der Waals surface area contributed by atoms with E-state index in [4.69, 9.17) is 9.47 Å². The Bertz CT molecular complexity index is 332. The number of hydrogen-bond donors (Lipinski definition) is 1. The predicted molar refractivity (Wildman–Crippen MR) is 72.7 cm³/mol. The van der Waals surface area contributed by atoms with Gasteiger partial charge < -0.3 is 14.6 Å². The highest BCUT2D eigenvalue weighted by atomic mass is 16.5. The minimum Gasteiger partial charge on any atom is -0.497 e. The molecule has 0 aliphatic heterocycles. The fraction of sp³-hybridized carbons (Fsp3) is 0.467. The van der Waals surface area contributed by atoms with Gasteiger partial charge in [-0.2, -0.15) is 0 Å². The van der Waals surface area contributed by atoms with E-state index in [1.807, 2.05) is 24.3 Å². The molecule has 1 rings (SSSR count). The third-order valence-corrected chi connectivity index (χ3v) is 2.69. The Labute approximate surface area is 109 Å². The Kier molecular flexibility index (Phi) is 7.14. The summed E-state index contributed by atoms with van der Waals surface area (Å²) in [5, 5.41) is 9.48. The van der Waals surface area contributed by atoms with Gasteiger partial charge >= 0.3 is 0 Å². The molecule has 0 amide bonds. The van der Waals surface area contributed by atoms with Crippen LogP contribution in [0, 0.1) is 0 Å². The molecule has 3 heteroatoms. The minimum atomic E-state index is -0.285. The molecule has 1 atom stereocenters. The first-order valence-corrected chi connectivity index (χ1v) is 6.26. The summed E-state index contributed by atoms with van der Waals surface area (Å²) >= 11 is 0. The average Bonchev–Trinajstić information content (AvgIpc) is 2.39. The quantitative estimate of drug-likeness (QED) is 0.541. The molecule has 0 saturated heterocycles. The van der Waals surface area contributed by atoms with Gasteiger partial charge in [-0.25, -0.2) is 0 Å². The molecule has 0 unspecified atom stereocenters. The van der Waals surface area contributed by atoms with Gasteiger partial charge in [-0.05, 0) is 37.0 Å². The predicted octanol–water partition coefficient (Wildman–Crippen LogP) is 2.93. The van der Waals surface area contributed by atoms with E-state index in [1.165, 1.54) is 0 Å². The largest absolute Gasteiger partial charge is 0.497 e. The van der Waals surface area contributed by atoms with Gasteiger partial charge in [-0.3, -0.25) is 0 Å². The van der Waals surface area contributed by atoms with Crippen LogP contribution >= 0.6 is 0 Å². The Hall–Kier alpha value is -1.32. The van der Waals surface area contributed by atoms with Crippen LogP contribution in [0.5, 0.6) is 5.75 Å². The van der Waals surface area contributed by atoms with Crippen molar-refractivity contribution in [3.05, 3.63) is 42.5 Å². The van der Waals surface area contributed by atoms with E-state index in [0.29, 0.717) is 19.6 Å². The van der Waals surface area contributed by atoms with Gasteiger partial charge in [0.1, 0.15) is 5.75 Å². The minimum absolute atomic E-state index is 0.285. The molecule has 0 radical (unpaired) electrons.